The standard InChI is InChI=1S/C35H22O7/c1-21-12-15-27-26(18-21)34(38)42-35(27)28-16-13-24(39-32(36)22-8-4-2-5-9-22)19-30(28)41-31-20-25(14-17-29(31)35)40-33(37)23-10-6-3-7-11-23/h2-20H,1H3. The molecule has 0 amide bonds. The molecule has 2 aliphatic rings. The molecule has 0 fully saturated rings. The van der Waals surface area contributed by atoms with Gasteiger partial charge in [-0.25, -0.2) is 14.4 Å². The Labute approximate surface area is 240 Å². The highest BCUT2D eigenvalue weighted by atomic mass is 16.6. The predicted molar refractivity (Wildman–Crippen MR) is 152 cm³/mol. The van der Waals surface area contributed by atoms with Gasteiger partial charge in [0.1, 0.15) is 23.0 Å². The average molecular weight is 555 g/mol. The van der Waals surface area contributed by atoms with Crippen LogP contribution in [0.1, 0.15) is 53.3 Å². The average Bonchev–Trinajstić information content (AvgIpc) is 3.29. The molecular weight excluding hydrogens is 532 g/mol. The van der Waals surface area contributed by atoms with Gasteiger partial charge in [-0.2, -0.15) is 0 Å². The number of benzene rings is 5. The van der Waals surface area contributed by atoms with E-state index < -0.39 is 23.5 Å². The highest BCUT2D eigenvalue weighted by Gasteiger charge is 2.53. The lowest BCUT2D eigenvalue weighted by Gasteiger charge is -2.36. The number of carbonyl (C=O) groups excluding carboxylic acids is 3. The first-order valence-corrected chi connectivity index (χ1v) is 13.3. The van der Waals surface area contributed by atoms with E-state index in [0.717, 1.165) is 5.56 Å². The summed E-state index contributed by atoms with van der Waals surface area (Å²) in [4.78, 5) is 38.8. The summed E-state index contributed by atoms with van der Waals surface area (Å²) in [5.74, 6) is -0.356. The number of hydrogen-bond donors (Lipinski definition) is 0. The molecule has 1 spiro atoms. The van der Waals surface area contributed by atoms with Crippen molar-refractivity contribution in [3.8, 4) is 23.0 Å². The molecule has 0 N–H and O–H groups in total. The van der Waals surface area contributed by atoms with Crippen LogP contribution in [0.5, 0.6) is 23.0 Å². The Bertz CT molecular complexity index is 1790. The summed E-state index contributed by atoms with van der Waals surface area (Å²) in [7, 11) is 0. The van der Waals surface area contributed by atoms with Crippen molar-refractivity contribution in [3.63, 3.8) is 0 Å². The van der Waals surface area contributed by atoms with E-state index in [1.165, 1.54) is 0 Å². The SMILES string of the molecule is Cc1ccc2c(c1)C(=O)OC21c2ccc(OC(=O)c3ccccc3)cc2Oc2cc(OC(=O)c3ccccc3)ccc21. The van der Waals surface area contributed by atoms with Gasteiger partial charge in [-0.1, -0.05) is 54.1 Å². The zero-order valence-corrected chi connectivity index (χ0v) is 22.3. The summed E-state index contributed by atoms with van der Waals surface area (Å²) >= 11 is 0. The van der Waals surface area contributed by atoms with Gasteiger partial charge < -0.3 is 18.9 Å². The molecule has 5 aromatic rings. The number of rotatable bonds is 4. The third kappa shape index (κ3) is 4.10. The molecule has 7 rings (SSSR count). The predicted octanol–water partition coefficient (Wildman–Crippen LogP) is 7.00. The lowest BCUT2D eigenvalue weighted by Crippen LogP contribution is -2.33. The first-order valence-electron chi connectivity index (χ1n) is 13.3. The van der Waals surface area contributed by atoms with Crippen LogP contribution in [0.2, 0.25) is 0 Å². The minimum absolute atomic E-state index is 0.251. The van der Waals surface area contributed by atoms with Crippen molar-refractivity contribution in [3.05, 3.63) is 154 Å². The number of aryl methyl sites for hydroxylation is 1. The molecule has 0 bridgehead atoms. The zero-order chi connectivity index (χ0) is 28.8. The molecule has 5 aromatic carbocycles. The van der Waals surface area contributed by atoms with Crippen LogP contribution in [0.3, 0.4) is 0 Å². The maximum atomic E-state index is 13.2. The second-order valence-corrected chi connectivity index (χ2v) is 10.0. The zero-order valence-electron chi connectivity index (χ0n) is 22.3. The van der Waals surface area contributed by atoms with Crippen molar-refractivity contribution in [1.29, 1.82) is 0 Å². The van der Waals surface area contributed by atoms with Crippen LogP contribution in [0.25, 0.3) is 0 Å². The van der Waals surface area contributed by atoms with Gasteiger partial charge in [0.2, 0.25) is 0 Å². The Morgan fingerprint density at radius 1 is 0.619 bits per heavy atom. The molecule has 2 aliphatic heterocycles. The molecule has 0 unspecified atom stereocenters. The van der Waals surface area contributed by atoms with E-state index >= 15 is 0 Å². The van der Waals surface area contributed by atoms with Gasteiger partial charge in [-0.3, -0.25) is 0 Å². The van der Waals surface area contributed by atoms with Crippen molar-refractivity contribution in [2.24, 2.45) is 0 Å². The maximum absolute atomic E-state index is 13.2. The molecular formula is C35H22O7. The Morgan fingerprint density at radius 3 is 1.64 bits per heavy atom. The van der Waals surface area contributed by atoms with Gasteiger partial charge in [-0.15, -0.1) is 0 Å². The second kappa shape index (κ2) is 9.74. The molecule has 0 saturated heterocycles. The number of ether oxygens (including phenoxy) is 4. The number of hydrogen-bond acceptors (Lipinski definition) is 7. The molecule has 0 radical (unpaired) electrons. The minimum Gasteiger partial charge on any atom is -0.456 e. The first-order chi connectivity index (χ1) is 20.4. The monoisotopic (exact) mass is 554 g/mol. The number of carbonyl (C=O) groups is 3. The van der Waals surface area contributed by atoms with Crippen molar-refractivity contribution in [2.45, 2.75) is 12.5 Å². The number of esters is 3. The van der Waals surface area contributed by atoms with Gasteiger partial charge in [0.25, 0.3) is 0 Å². The maximum Gasteiger partial charge on any atom is 0.343 e. The van der Waals surface area contributed by atoms with E-state index in [1.54, 1.807) is 91.0 Å². The normalized spacial score (nSPS) is 13.7. The summed E-state index contributed by atoms with van der Waals surface area (Å²) in [5.41, 5.74) is 2.64. The van der Waals surface area contributed by atoms with Gasteiger partial charge in [0, 0.05) is 28.8 Å². The van der Waals surface area contributed by atoms with E-state index in [-0.39, 0.29) is 11.5 Å². The van der Waals surface area contributed by atoms with Crippen molar-refractivity contribution in [1.82, 2.24) is 0 Å². The molecule has 7 heteroatoms. The van der Waals surface area contributed by atoms with Gasteiger partial charge in [0.15, 0.2) is 5.60 Å². The Kier molecular flexibility index (Phi) is 5.87. The van der Waals surface area contributed by atoms with E-state index in [1.807, 2.05) is 31.2 Å². The second-order valence-electron chi connectivity index (χ2n) is 10.0. The number of fused-ring (bicyclic) bond motifs is 6. The van der Waals surface area contributed by atoms with Crippen molar-refractivity contribution < 1.29 is 33.3 Å². The minimum atomic E-state index is -1.33. The third-order valence-corrected chi connectivity index (χ3v) is 7.34. The van der Waals surface area contributed by atoms with Crippen LogP contribution in [0.4, 0.5) is 0 Å². The fraction of sp³-hybridized carbons (Fsp3) is 0.0571. The molecule has 204 valence electrons. The van der Waals surface area contributed by atoms with Crippen LogP contribution in [0.15, 0.2) is 115 Å². The van der Waals surface area contributed by atoms with Crippen LogP contribution in [-0.2, 0) is 10.3 Å². The lowest BCUT2D eigenvalue weighted by molar-refractivity contribution is 0.0224. The lowest BCUT2D eigenvalue weighted by atomic mass is 9.77. The van der Waals surface area contributed by atoms with Crippen molar-refractivity contribution in [2.75, 3.05) is 0 Å². The highest BCUT2D eigenvalue weighted by Crippen LogP contribution is 2.57. The van der Waals surface area contributed by atoms with E-state index in [0.29, 0.717) is 44.9 Å². The summed E-state index contributed by atoms with van der Waals surface area (Å²) in [6, 6.07) is 32.8. The fourth-order valence-corrected chi connectivity index (χ4v) is 5.41. The molecule has 7 nitrogen and oxygen atoms in total. The summed E-state index contributed by atoms with van der Waals surface area (Å²) in [6.45, 7) is 1.91. The Morgan fingerprint density at radius 2 is 1.12 bits per heavy atom. The fourth-order valence-electron chi connectivity index (χ4n) is 5.41. The molecule has 42 heavy (non-hydrogen) atoms. The smallest absolute Gasteiger partial charge is 0.343 e. The summed E-state index contributed by atoms with van der Waals surface area (Å²) in [6.07, 6.45) is 0. The van der Waals surface area contributed by atoms with Gasteiger partial charge in [-0.05, 0) is 61.5 Å². The molecule has 0 aliphatic carbocycles. The Hall–Kier alpha value is -5.69. The molecule has 0 aromatic heterocycles. The molecule has 2 heterocycles. The largest absolute Gasteiger partial charge is 0.456 e. The van der Waals surface area contributed by atoms with Gasteiger partial charge >= 0.3 is 17.9 Å². The van der Waals surface area contributed by atoms with E-state index in [2.05, 4.69) is 0 Å². The first kappa shape index (κ1) is 25.3. The highest BCUT2D eigenvalue weighted by molar-refractivity contribution is 5.97. The van der Waals surface area contributed by atoms with Crippen LogP contribution in [0, 0.1) is 6.92 Å². The molecule has 0 saturated carbocycles. The van der Waals surface area contributed by atoms with Crippen LogP contribution >= 0.6 is 0 Å². The Balaban J connectivity index is 1.33. The van der Waals surface area contributed by atoms with E-state index in [4.69, 9.17) is 18.9 Å². The van der Waals surface area contributed by atoms with Crippen molar-refractivity contribution >= 4 is 17.9 Å². The van der Waals surface area contributed by atoms with Gasteiger partial charge in [0.05, 0.1) is 16.7 Å². The summed E-state index contributed by atoms with van der Waals surface area (Å²) < 4.78 is 23.8. The van der Waals surface area contributed by atoms with Crippen LogP contribution in [-0.4, -0.2) is 17.9 Å². The topological polar surface area (TPSA) is 88.1 Å². The quantitative estimate of drug-likeness (QED) is 0.175. The van der Waals surface area contributed by atoms with Crippen LogP contribution < -0.4 is 14.2 Å². The summed E-state index contributed by atoms with van der Waals surface area (Å²) in [5, 5.41) is 0. The molecule has 0 atom stereocenters. The van der Waals surface area contributed by atoms with E-state index in [9.17, 15) is 14.4 Å². The third-order valence-electron chi connectivity index (χ3n) is 7.34.